The summed E-state index contributed by atoms with van der Waals surface area (Å²) in [6.07, 6.45) is 0.483. The molecule has 0 bridgehead atoms. The molecule has 2 aromatic rings. The normalized spacial score (nSPS) is 20.0. The van der Waals surface area contributed by atoms with Crippen LogP contribution in [0.5, 0.6) is 5.75 Å². The Morgan fingerprint density at radius 3 is 2.83 bits per heavy atom. The molecule has 0 saturated carbocycles. The minimum atomic E-state index is -1.04. The number of β-amino-alcohol motifs (C(OH)–C–C–N with tert-alkyl or cyclic N) is 1. The second kappa shape index (κ2) is 6.88. The Kier molecular flexibility index (Phi) is 4.66. The lowest BCUT2D eigenvalue weighted by Crippen LogP contribution is -2.40. The van der Waals surface area contributed by atoms with Gasteiger partial charge in [0.25, 0.3) is 5.91 Å². The molecule has 126 valence electrons. The van der Waals surface area contributed by atoms with E-state index in [-0.39, 0.29) is 19.1 Å². The van der Waals surface area contributed by atoms with E-state index in [1.807, 2.05) is 30.3 Å². The number of likely N-dealkylation sites (tertiary alicyclic amines) is 1. The predicted molar refractivity (Wildman–Crippen MR) is 91.2 cm³/mol. The third-order valence-electron chi connectivity index (χ3n) is 4.09. The summed E-state index contributed by atoms with van der Waals surface area (Å²) in [6, 6.07) is 14.6. The molecule has 24 heavy (non-hydrogen) atoms. The number of aliphatic hydroxyl groups is 1. The predicted octanol–water partition coefficient (Wildman–Crippen LogP) is 1.78. The zero-order valence-corrected chi connectivity index (χ0v) is 13.6. The van der Waals surface area contributed by atoms with E-state index in [0.29, 0.717) is 30.2 Å². The maximum atomic E-state index is 12.6. The summed E-state index contributed by atoms with van der Waals surface area (Å²) < 4.78 is 5.65. The van der Waals surface area contributed by atoms with Crippen LogP contribution in [-0.4, -0.2) is 53.2 Å². The van der Waals surface area contributed by atoms with Crippen LogP contribution < -0.4 is 10.1 Å². The van der Waals surface area contributed by atoms with Crippen LogP contribution in [0.25, 0.3) is 0 Å². The number of para-hydroxylation sites is 1. The van der Waals surface area contributed by atoms with Crippen molar-refractivity contribution < 1.29 is 14.6 Å². The number of hydrogen-bond acceptors (Lipinski definition) is 5. The van der Waals surface area contributed by atoms with Crippen molar-refractivity contribution >= 4 is 11.7 Å². The quantitative estimate of drug-likeness (QED) is 0.875. The van der Waals surface area contributed by atoms with Crippen LogP contribution in [0.3, 0.4) is 0 Å². The number of nitrogens with zero attached hydrogens (tertiary/aromatic N) is 2. The summed E-state index contributed by atoms with van der Waals surface area (Å²) >= 11 is 0. The number of hydrogen-bond donors (Lipinski definition) is 2. The topological polar surface area (TPSA) is 74.7 Å². The van der Waals surface area contributed by atoms with E-state index in [0.717, 1.165) is 0 Å². The monoisotopic (exact) mass is 327 g/mol. The number of nitrogens with one attached hydrogen (secondary N) is 1. The van der Waals surface area contributed by atoms with Gasteiger partial charge in [0.05, 0.1) is 6.54 Å². The highest BCUT2D eigenvalue weighted by Crippen LogP contribution is 2.24. The number of pyridine rings is 1. The van der Waals surface area contributed by atoms with Crippen LogP contribution in [0, 0.1) is 0 Å². The lowest BCUT2D eigenvalue weighted by Gasteiger charge is -2.23. The van der Waals surface area contributed by atoms with Gasteiger partial charge < -0.3 is 20.1 Å². The van der Waals surface area contributed by atoms with Crippen LogP contribution >= 0.6 is 0 Å². The molecule has 1 saturated heterocycles. The molecule has 1 aliphatic heterocycles. The molecular formula is C18H21N3O3. The Morgan fingerprint density at radius 1 is 1.29 bits per heavy atom. The van der Waals surface area contributed by atoms with Crippen LogP contribution in [0.2, 0.25) is 0 Å². The highest BCUT2D eigenvalue weighted by Gasteiger charge is 2.39. The zero-order valence-electron chi connectivity index (χ0n) is 13.6. The molecule has 6 heteroatoms. The number of aromatic nitrogens is 1. The fourth-order valence-electron chi connectivity index (χ4n) is 2.74. The van der Waals surface area contributed by atoms with E-state index in [1.165, 1.54) is 0 Å². The van der Waals surface area contributed by atoms with Gasteiger partial charge in [-0.15, -0.1) is 0 Å². The second-order valence-electron chi connectivity index (χ2n) is 5.96. The van der Waals surface area contributed by atoms with Gasteiger partial charge in [-0.3, -0.25) is 4.79 Å². The lowest BCUT2D eigenvalue weighted by atomic mass is 10.1. The Hall–Kier alpha value is -2.60. The first-order valence-electron chi connectivity index (χ1n) is 7.94. The minimum absolute atomic E-state index is 0.158. The fourth-order valence-corrected chi connectivity index (χ4v) is 2.74. The van der Waals surface area contributed by atoms with Crippen molar-refractivity contribution in [3.8, 4) is 5.75 Å². The van der Waals surface area contributed by atoms with E-state index in [1.54, 1.807) is 30.1 Å². The highest BCUT2D eigenvalue weighted by molar-refractivity contribution is 5.93. The zero-order chi connectivity index (χ0) is 17.0. The van der Waals surface area contributed by atoms with Crippen molar-refractivity contribution in [2.75, 3.05) is 32.1 Å². The molecule has 1 aromatic carbocycles. The van der Waals surface area contributed by atoms with Gasteiger partial charge in [0.1, 0.15) is 29.5 Å². The summed E-state index contributed by atoms with van der Waals surface area (Å²) in [6.45, 7) is 0.883. The number of rotatable bonds is 5. The van der Waals surface area contributed by atoms with E-state index >= 15 is 0 Å². The van der Waals surface area contributed by atoms with Crippen LogP contribution in [0.4, 0.5) is 5.82 Å². The van der Waals surface area contributed by atoms with Gasteiger partial charge in [0, 0.05) is 13.6 Å². The Bertz CT molecular complexity index is 708. The first-order valence-corrected chi connectivity index (χ1v) is 7.94. The third-order valence-corrected chi connectivity index (χ3v) is 4.09. The number of carbonyl (C=O) groups excluding carboxylic acids is 1. The lowest BCUT2D eigenvalue weighted by molar-refractivity contribution is 0.00425. The van der Waals surface area contributed by atoms with Crippen molar-refractivity contribution in [3.05, 3.63) is 54.2 Å². The van der Waals surface area contributed by atoms with E-state index < -0.39 is 5.60 Å². The van der Waals surface area contributed by atoms with Gasteiger partial charge in [-0.2, -0.15) is 0 Å². The largest absolute Gasteiger partial charge is 0.491 e. The van der Waals surface area contributed by atoms with E-state index in [9.17, 15) is 9.90 Å². The van der Waals surface area contributed by atoms with Gasteiger partial charge >= 0.3 is 0 Å². The first kappa shape index (κ1) is 16.3. The van der Waals surface area contributed by atoms with Gasteiger partial charge in [-0.05, 0) is 30.7 Å². The highest BCUT2D eigenvalue weighted by atomic mass is 16.5. The summed E-state index contributed by atoms with van der Waals surface area (Å²) in [5, 5.41) is 13.6. The van der Waals surface area contributed by atoms with E-state index in [4.69, 9.17) is 4.74 Å². The van der Waals surface area contributed by atoms with Gasteiger partial charge in [-0.1, -0.05) is 24.3 Å². The summed E-state index contributed by atoms with van der Waals surface area (Å²) in [4.78, 5) is 18.4. The van der Waals surface area contributed by atoms with Gasteiger partial charge in [-0.25, -0.2) is 4.98 Å². The molecule has 0 aliphatic carbocycles. The standard InChI is InChI=1S/C18H21N3O3/c1-19-16-9-5-8-15(20-16)17(22)21-11-10-18(23,12-21)13-24-14-6-3-2-4-7-14/h2-9,23H,10-13H2,1H3,(H,19,20)/t18-/m0/s1. The SMILES string of the molecule is CNc1cccc(C(=O)N2CC[C@@](O)(COc3ccccc3)C2)n1. The number of anilines is 1. The molecule has 2 N–H and O–H groups in total. The number of benzene rings is 1. The van der Waals surface area contributed by atoms with Crippen molar-refractivity contribution in [1.29, 1.82) is 0 Å². The van der Waals surface area contributed by atoms with Gasteiger partial charge in [0.2, 0.25) is 0 Å². The molecule has 2 heterocycles. The number of ether oxygens (including phenoxy) is 1. The Balaban J connectivity index is 1.62. The number of carbonyl (C=O) groups is 1. The van der Waals surface area contributed by atoms with E-state index in [2.05, 4.69) is 10.3 Å². The third kappa shape index (κ3) is 3.65. The summed E-state index contributed by atoms with van der Waals surface area (Å²) in [5.74, 6) is 1.17. The molecule has 1 aromatic heterocycles. The maximum Gasteiger partial charge on any atom is 0.272 e. The van der Waals surface area contributed by atoms with Crippen LogP contribution in [0.1, 0.15) is 16.9 Å². The summed E-state index contributed by atoms with van der Waals surface area (Å²) in [7, 11) is 1.76. The molecule has 6 nitrogen and oxygen atoms in total. The number of amides is 1. The van der Waals surface area contributed by atoms with Crippen molar-refractivity contribution in [2.45, 2.75) is 12.0 Å². The molecular weight excluding hydrogens is 306 g/mol. The van der Waals surface area contributed by atoms with Gasteiger partial charge in [0.15, 0.2) is 0 Å². The fraction of sp³-hybridized carbons (Fsp3) is 0.333. The molecule has 0 radical (unpaired) electrons. The summed E-state index contributed by atoms with van der Waals surface area (Å²) in [5.41, 5.74) is -0.665. The van der Waals surface area contributed by atoms with Crippen LogP contribution in [-0.2, 0) is 0 Å². The Labute approximate surface area is 141 Å². The molecule has 0 unspecified atom stereocenters. The average molecular weight is 327 g/mol. The molecule has 1 amide bonds. The molecule has 0 spiro atoms. The average Bonchev–Trinajstić information content (AvgIpc) is 3.03. The smallest absolute Gasteiger partial charge is 0.272 e. The molecule has 1 fully saturated rings. The van der Waals surface area contributed by atoms with Crippen molar-refractivity contribution in [2.24, 2.45) is 0 Å². The Morgan fingerprint density at radius 2 is 2.08 bits per heavy atom. The van der Waals surface area contributed by atoms with Crippen LogP contribution in [0.15, 0.2) is 48.5 Å². The maximum absolute atomic E-state index is 12.6. The second-order valence-corrected chi connectivity index (χ2v) is 5.96. The van der Waals surface area contributed by atoms with Crippen molar-refractivity contribution in [1.82, 2.24) is 9.88 Å². The molecule has 1 aliphatic rings. The molecule has 3 rings (SSSR count). The molecule has 1 atom stereocenters. The first-order chi connectivity index (χ1) is 11.6. The van der Waals surface area contributed by atoms with Crippen molar-refractivity contribution in [3.63, 3.8) is 0 Å². The minimum Gasteiger partial charge on any atom is -0.491 e.